The Balaban J connectivity index is 1.93. The summed E-state index contributed by atoms with van der Waals surface area (Å²) in [6, 6.07) is 7.70. The Kier molecular flexibility index (Phi) is 7.02. The third-order valence-electron chi connectivity index (χ3n) is 4.77. The van der Waals surface area contributed by atoms with Crippen LogP contribution in [0.25, 0.3) is 11.2 Å². The molecule has 2 heterocycles. The van der Waals surface area contributed by atoms with Crippen molar-refractivity contribution in [3.05, 3.63) is 55.7 Å². The van der Waals surface area contributed by atoms with Gasteiger partial charge >= 0.3 is 5.69 Å². The third-order valence-corrected chi connectivity index (χ3v) is 6.17. The standard InChI is InChI=1S/C20H25ClN4O2S/c1-3-4-5-6-9-12-25-16-17(24(2)19(27)23-18(16)26)22-20(25)28-13-14-10-7-8-11-15(14)21/h7-8,10-11H,3-6,9,12-13H2,1-2H3,(H,23,26,27). The van der Waals surface area contributed by atoms with Gasteiger partial charge in [-0.3, -0.25) is 14.3 Å². The zero-order chi connectivity index (χ0) is 20.1. The van der Waals surface area contributed by atoms with Gasteiger partial charge in [-0.2, -0.15) is 0 Å². The van der Waals surface area contributed by atoms with Crippen molar-refractivity contribution in [3.8, 4) is 0 Å². The highest BCUT2D eigenvalue weighted by Crippen LogP contribution is 2.28. The monoisotopic (exact) mass is 420 g/mol. The fraction of sp³-hybridized carbons (Fsp3) is 0.450. The molecule has 6 nitrogen and oxygen atoms in total. The quantitative estimate of drug-likeness (QED) is 0.413. The minimum absolute atomic E-state index is 0.385. The van der Waals surface area contributed by atoms with E-state index in [0.29, 0.717) is 28.5 Å². The average Bonchev–Trinajstić information content (AvgIpc) is 3.04. The molecule has 0 spiro atoms. The number of hydrogen-bond acceptors (Lipinski definition) is 4. The van der Waals surface area contributed by atoms with Crippen LogP contribution in [0.5, 0.6) is 0 Å². The van der Waals surface area contributed by atoms with Crippen LogP contribution >= 0.6 is 23.4 Å². The van der Waals surface area contributed by atoms with Crippen LogP contribution in [-0.4, -0.2) is 19.1 Å². The number of imidazole rings is 1. The molecule has 0 aliphatic carbocycles. The van der Waals surface area contributed by atoms with E-state index in [4.69, 9.17) is 11.6 Å². The number of nitrogens with one attached hydrogen (secondary N) is 1. The highest BCUT2D eigenvalue weighted by Gasteiger charge is 2.17. The Morgan fingerprint density at radius 2 is 1.89 bits per heavy atom. The van der Waals surface area contributed by atoms with Crippen LogP contribution in [0.15, 0.2) is 39.0 Å². The second kappa shape index (κ2) is 9.47. The second-order valence-electron chi connectivity index (χ2n) is 6.83. The molecule has 0 aliphatic rings. The Morgan fingerprint density at radius 1 is 1.14 bits per heavy atom. The number of nitrogens with zero attached hydrogens (tertiary/aromatic N) is 3. The maximum Gasteiger partial charge on any atom is 0.329 e. The molecule has 0 saturated carbocycles. The van der Waals surface area contributed by atoms with Gasteiger partial charge < -0.3 is 4.57 Å². The van der Waals surface area contributed by atoms with Gasteiger partial charge in [0.05, 0.1) is 0 Å². The molecule has 0 unspecified atom stereocenters. The number of aromatic amines is 1. The molecule has 1 aromatic carbocycles. The van der Waals surface area contributed by atoms with Crippen LogP contribution in [-0.2, 0) is 19.3 Å². The summed E-state index contributed by atoms with van der Waals surface area (Å²) in [5.41, 5.74) is 1.05. The van der Waals surface area contributed by atoms with Gasteiger partial charge in [0.25, 0.3) is 5.56 Å². The van der Waals surface area contributed by atoms with E-state index in [9.17, 15) is 9.59 Å². The number of benzene rings is 1. The molecule has 0 atom stereocenters. The van der Waals surface area contributed by atoms with Gasteiger partial charge in [-0.05, 0) is 18.1 Å². The van der Waals surface area contributed by atoms with Crippen LogP contribution in [0.3, 0.4) is 0 Å². The molecule has 28 heavy (non-hydrogen) atoms. The molecule has 3 rings (SSSR count). The Morgan fingerprint density at radius 3 is 2.64 bits per heavy atom. The lowest BCUT2D eigenvalue weighted by Crippen LogP contribution is -2.29. The molecular formula is C20H25ClN4O2S. The number of aromatic nitrogens is 4. The van der Waals surface area contributed by atoms with E-state index in [-0.39, 0.29) is 5.56 Å². The summed E-state index contributed by atoms with van der Waals surface area (Å²) in [5, 5.41) is 1.44. The van der Waals surface area contributed by atoms with Crippen LogP contribution in [0, 0.1) is 0 Å². The summed E-state index contributed by atoms with van der Waals surface area (Å²) in [6.07, 6.45) is 5.65. The summed E-state index contributed by atoms with van der Waals surface area (Å²) in [5.74, 6) is 0.644. The number of halogens is 1. The van der Waals surface area contributed by atoms with Gasteiger partial charge in [-0.1, -0.05) is 74.2 Å². The molecule has 2 aromatic heterocycles. The van der Waals surface area contributed by atoms with E-state index < -0.39 is 5.69 Å². The Bertz CT molecular complexity index is 1070. The molecule has 8 heteroatoms. The van der Waals surface area contributed by atoms with E-state index in [2.05, 4.69) is 16.9 Å². The number of hydrogen-bond donors (Lipinski definition) is 1. The summed E-state index contributed by atoms with van der Waals surface area (Å²) >= 11 is 7.80. The van der Waals surface area contributed by atoms with Crippen molar-refractivity contribution in [1.29, 1.82) is 0 Å². The van der Waals surface area contributed by atoms with Gasteiger partial charge in [-0.25, -0.2) is 9.78 Å². The molecule has 0 aliphatic heterocycles. The Labute approximate surface area is 172 Å². The summed E-state index contributed by atoms with van der Waals surface area (Å²) in [7, 11) is 1.63. The third kappa shape index (κ3) is 4.52. The molecule has 0 radical (unpaired) electrons. The van der Waals surface area contributed by atoms with Gasteiger partial charge in [0.1, 0.15) is 0 Å². The van der Waals surface area contributed by atoms with Crippen molar-refractivity contribution in [2.24, 2.45) is 7.05 Å². The summed E-state index contributed by atoms with van der Waals surface area (Å²) in [4.78, 5) is 31.5. The minimum Gasteiger partial charge on any atom is -0.313 e. The average molecular weight is 421 g/mol. The van der Waals surface area contributed by atoms with Crippen molar-refractivity contribution in [2.45, 2.75) is 56.5 Å². The van der Waals surface area contributed by atoms with Gasteiger partial charge in [0, 0.05) is 24.4 Å². The molecule has 0 saturated heterocycles. The van der Waals surface area contributed by atoms with E-state index in [1.54, 1.807) is 7.05 Å². The first-order valence-electron chi connectivity index (χ1n) is 9.58. The van der Waals surface area contributed by atoms with Gasteiger partial charge in [0.15, 0.2) is 16.3 Å². The lowest BCUT2D eigenvalue weighted by molar-refractivity contribution is 0.552. The number of fused-ring (bicyclic) bond motifs is 1. The molecule has 0 fully saturated rings. The topological polar surface area (TPSA) is 72.7 Å². The maximum absolute atomic E-state index is 12.5. The lowest BCUT2D eigenvalue weighted by Gasteiger charge is -2.09. The Hall–Kier alpha value is -1.99. The number of rotatable bonds is 9. The molecule has 150 valence electrons. The van der Waals surface area contributed by atoms with Crippen molar-refractivity contribution < 1.29 is 0 Å². The lowest BCUT2D eigenvalue weighted by atomic mass is 10.1. The highest BCUT2D eigenvalue weighted by atomic mass is 35.5. The zero-order valence-electron chi connectivity index (χ0n) is 16.2. The number of unbranched alkanes of at least 4 members (excludes halogenated alkanes) is 4. The fourth-order valence-electron chi connectivity index (χ4n) is 3.16. The van der Waals surface area contributed by atoms with E-state index in [0.717, 1.165) is 23.6 Å². The first-order valence-corrected chi connectivity index (χ1v) is 10.9. The molecule has 1 N–H and O–H groups in total. The van der Waals surface area contributed by atoms with E-state index >= 15 is 0 Å². The zero-order valence-corrected chi connectivity index (χ0v) is 17.8. The van der Waals surface area contributed by atoms with Crippen LogP contribution in [0.2, 0.25) is 5.02 Å². The highest BCUT2D eigenvalue weighted by molar-refractivity contribution is 7.98. The number of H-pyrrole nitrogens is 1. The molecule has 3 aromatic rings. The molecular weight excluding hydrogens is 396 g/mol. The number of thioether (sulfide) groups is 1. The van der Waals surface area contributed by atoms with Crippen molar-refractivity contribution >= 4 is 34.5 Å². The predicted octanol–water partition coefficient (Wildman–Crippen LogP) is 4.34. The van der Waals surface area contributed by atoms with E-state index in [1.807, 2.05) is 28.8 Å². The van der Waals surface area contributed by atoms with Crippen molar-refractivity contribution in [2.75, 3.05) is 0 Å². The fourth-order valence-corrected chi connectivity index (χ4v) is 4.47. The van der Waals surface area contributed by atoms with Crippen LogP contribution in [0.1, 0.15) is 44.6 Å². The maximum atomic E-state index is 12.5. The first-order chi connectivity index (χ1) is 13.5. The van der Waals surface area contributed by atoms with Crippen molar-refractivity contribution in [3.63, 3.8) is 0 Å². The minimum atomic E-state index is -0.451. The largest absolute Gasteiger partial charge is 0.329 e. The van der Waals surface area contributed by atoms with E-state index in [1.165, 1.54) is 35.6 Å². The SMILES string of the molecule is CCCCCCCn1c(SCc2ccccc2Cl)nc2c1c(=O)[nH]c(=O)n2C. The normalized spacial score (nSPS) is 11.4. The van der Waals surface area contributed by atoms with Crippen LogP contribution in [0.4, 0.5) is 0 Å². The number of aryl methyl sites for hydroxylation is 2. The first kappa shape index (κ1) is 20.7. The second-order valence-corrected chi connectivity index (χ2v) is 8.18. The smallest absolute Gasteiger partial charge is 0.313 e. The molecule has 0 amide bonds. The summed E-state index contributed by atoms with van der Waals surface area (Å²) in [6.45, 7) is 2.89. The van der Waals surface area contributed by atoms with Gasteiger partial charge in [-0.15, -0.1) is 0 Å². The van der Waals surface area contributed by atoms with Crippen LogP contribution < -0.4 is 11.2 Å². The molecule has 0 bridgehead atoms. The summed E-state index contributed by atoms with van der Waals surface area (Å²) < 4.78 is 3.34. The van der Waals surface area contributed by atoms with Gasteiger partial charge in [0.2, 0.25) is 0 Å². The van der Waals surface area contributed by atoms with Crippen molar-refractivity contribution in [1.82, 2.24) is 19.1 Å². The predicted molar refractivity (Wildman–Crippen MR) is 115 cm³/mol.